The van der Waals surface area contributed by atoms with Gasteiger partial charge in [-0.25, -0.2) is 0 Å². The molecule has 0 aromatic heterocycles. The van der Waals surface area contributed by atoms with Gasteiger partial charge in [0.1, 0.15) is 0 Å². The molecule has 0 aliphatic heterocycles. The average Bonchev–Trinajstić information content (AvgIpc) is 3.23. The third kappa shape index (κ3) is 6.05. The Labute approximate surface area is 305 Å². The van der Waals surface area contributed by atoms with Crippen LogP contribution < -0.4 is 9.80 Å². The molecule has 1 aliphatic rings. The van der Waals surface area contributed by atoms with E-state index >= 15 is 0 Å². The van der Waals surface area contributed by atoms with E-state index in [1.807, 2.05) is 0 Å². The van der Waals surface area contributed by atoms with Crippen LogP contribution in [0.5, 0.6) is 0 Å². The predicted octanol–water partition coefficient (Wildman–Crippen LogP) is 14.2. The fraction of sp³-hybridized carbons (Fsp3) is 0.0400. The molecule has 8 aromatic carbocycles. The first-order valence-corrected chi connectivity index (χ1v) is 18.1. The van der Waals surface area contributed by atoms with Crippen LogP contribution in [-0.2, 0) is 0 Å². The number of allylic oxidation sites excluding steroid dienone is 4. The third-order valence-corrected chi connectivity index (χ3v) is 10.2. The summed E-state index contributed by atoms with van der Waals surface area (Å²) in [6.07, 6.45) is 6.64. The number of anilines is 6. The first-order valence-electron chi connectivity index (χ1n) is 18.1. The topological polar surface area (TPSA) is 6.48 Å². The Bertz CT molecular complexity index is 2360. The van der Waals surface area contributed by atoms with Crippen molar-refractivity contribution in [2.75, 3.05) is 9.80 Å². The van der Waals surface area contributed by atoms with Crippen molar-refractivity contribution < 1.29 is 0 Å². The zero-order chi connectivity index (χ0) is 34.7. The Balaban J connectivity index is 0.995. The second-order valence-electron chi connectivity index (χ2n) is 13.3. The SMILES string of the molecule is C1=C(c2ccc(N(c3ccccc3)c3cccc4ccccc34)cc2)CCC(c2ccc(N(c3ccccc3)c3cccc4ccccc34)cc2)=C1. The standard InChI is InChI=1S/C50H38N2/c1-3-17-43(18-4-1)51(49-23-11-15-41-13-7-9-21-47(41)49)45-33-29-39(30-34-45)37-25-27-38(28-26-37)40-31-35-46(36-32-40)52(44-19-5-2-6-20-44)50-24-12-16-42-14-8-10-22-48(42)50/h1-25,27,29-36H,26,28H2. The normalized spacial score (nSPS) is 12.7. The maximum absolute atomic E-state index is 2.36. The number of rotatable bonds is 8. The fourth-order valence-electron chi connectivity index (χ4n) is 7.58. The van der Waals surface area contributed by atoms with Crippen molar-refractivity contribution in [1.29, 1.82) is 0 Å². The summed E-state index contributed by atoms with van der Waals surface area (Å²) in [6, 6.07) is 69.8. The van der Waals surface area contributed by atoms with Crippen LogP contribution in [0.25, 0.3) is 32.7 Å². The summed E-state index contributed by atoms with van der Waals surface area (Å²) in [5.74, 6) is 0. The van der Waals surface area contributed by atoms with Crippen molar-refractivity contribution in [2.24, 2.45) is 0 Å². The van der Waals surface area contributed by atoms with Gasteiger partial charge in [0, 0.05) is 33.5 Å². The van der Waals surface area contributed by atoms with Crippen LogP contribution in [-0.4, -0.2) is 0 Å². The van der Waals surface area contributed by atoms with Gasteiger partial charge in [0.15, 0.2) is 0 Å². The second-order valence-corrected chi connectivity index (χ2v) is 13.3. The molecule has 52 heavy (non-hydrogen) atoms. The van der Waals surface area contributed by atoms with E-state index in [0.717, 1.165) is 35.6 Å². The maximum Gasteiger partial charge on any atom is 0.0540 e. The van der Waals surface area contributed by atoms with Gasteiger partial charge in [-0.1, -0.05) is 146 Å². The minimum absolute atomic E-state index is 1.00. The lowest BCUT2D eigenvalue weighted by molar-refractivity contribution is 1.07. The number of hydrogen-bond acceptors (Lipinski definition) is 2. The first kappa shape index (κ1) is 31.3. The van der Waals surface area contributed by atoms with E-state index in [1.165, 1.54) is 55.2 Å². The molecule has 0 N–H and O–H groups in total. The van der Waals surface area contributed by atoms with Crippen molar-refractivity contribution in [3.63, 3.8) is 0 Å². The molecule has 8 aromatic rings. The van der Waals surface area contributed by atoms with E-state index in [-0.39, 0.29) is 0 Å². The van der Waals surface area contributed by atoms with Crippen LogP contribution in [0.4, 0.5) is 34.1 Å². The van der Waals surface area contributed by atoms with Gasteiger partial charge in [0.25, 0.3) is 0 Å². The van der Waals surface area contributed by atoms with E-state index < -0.39 is 0 Å². The Kier molecular flexibility index (Phi) is 8.40. The summed E-state index contributed by atoms with van der Waals surface area (Å²) >= 11 is 0. The van der Waals surface area contributed by atoms with Gasteiger partial charge in [0.2, 0.25) is 0 Å². The van der Waals surface area contributed by atoms with Crippen molar-refractivity contribution in [3.05, 3.63) is 217 Å². The second kappa shape index (κ2) is 13.9. The van der Waals surface area contributed by atoms with Crippen LogP contribution in [0, 0.1) is 0 Å². The summed E-state index contributed by atoms with van der Waals surface area (Å²) in [7, 11) is 0. The van der Waals surface area contributed by atoms with Gasteiger partial charge in [-0.3, -0.25) is 0 Å². The molecule has 0 amide bonds. The molecule has 0 fully saturated rings. The van der Waals surface area contributed by atoms with Crippen LogP contribution in [0.15, 0.2) is 206 Å². The molecular weight excluding hydrogens is 629 g/mol. The highest BCUT2D eigenvalue weighted by molar-refractivity contribution is 6.00. The molecule has 0 saturated carbocycles. The van der Waals surface area contributed by atoms with Crippen LogP contribution in [0.1, 0.15) is 24.0 Å². The zero-order valence-electron chi connectivity index (χ0n) is 28.9. The predicted molar refractivity (Wildman–Crippen MR) is 222 cm³/mol. The lowest BCUT2D eigenvalue weighted by Gasteiger charge is -2.27. The van der Waals surface area contributed by atoms with Crippen LogP contribution in [0.2, 0.25) is 0 Å². The van der Waals surface area contributed by atoms with Crippen LogP contribution >= 0.6 is 0 Å². The molecule has 0 saturated heterocycles. The lowest BCUT2D eigenvalue weighted by Crippen LogP contribution is -2.10. The Hall–Kier alpha value is -6.64. The highest BCUT2D eigenvalue weighted by Gasteiger charge is 2.18. The van der Waals surface area contributed by atoms with Gasteiger partial charge in [-0.05, 0) is 107 Å². The van der Waals surface area contributed by atoms with Gasteiger partial charge in [-0.2, -0.15) is 0 Å². The lowest BCUT2D eigenvalue weighted by atomic mass is 9.90. The molecule has 0 spiro atoms. The Morgan fingerprint density at radius 3 is 1.04 bits per heavy atom. The van der Waals surface area contributed by atoms with E-state index in [2.05, 4.69) is 216 Å². The van der Waals surface area contributed by atoms with Crippen molar-refractivity contribution in [1.82, 2.24) is 0 Å². The molecule has 0 atom stereocenters. The van der Waals surface area contributed by atoms with Crippen molar-refractivity contribution >= 4 is 66.8 Å². The number of para-hydroxylation sites is 2. The fourth-order valence-corrected chi connectivity index (χ4v) is 7.58. The van der Waals surface area contributed by atoms with Crippen LogP contribution in [0.3, 0.4) is 0 Å². The monoisotopic (exact) mass is 666 g/mol. The minimum atomic E-state index is 1.00. The molecule has 2 nitrogen and oxygen atoms in total. The van der Waals surface area contributed by atoms with Gasteiger partial charge in [0.05, 0.1) is 11.4 Å². The van der Waals surface area contributed by atoms with E-state index in [0.29, 0.717) is 0 Å². The summed E-state index contributed by atoms with van der Waals surface area (Å²) < 4.78 is 0. The maximum atomic E-state index is 2.36. The number of nitrogens with zero attached hydrogens (tertiary/aromatic N) is 2. The average molecular weight is 667 g/mol. The number of fused-ring (bicyclic) bond motifs is 2. The smallest absolute Gasteiger partial charge is 0.0540 e. The summed E-state index contributed by atoms with van der Waals surface area (Å²) in [5, 5.41) is 4.95. The molecule has 1 aliphatic carbocycles. The van der Waals surface area contributed by atoms with E-state index in [4.69, 9.17) is 0 Å². The molecule has 2 heteroatoms. The molecule has 9 rings (SSSR count). The van der Waals surface area contributed by atoms with Crippen molar-refractivity contribution in [3.8, 4) is 0 Å². The number of hydrogen-bond donors (Lipinski definition) is 0. The summed E-state index contributed by atoms with van der Waals surface area (Å²) in [5.41, 5.74) is 12.2. The molecular formula is C50H38N2. The third-order valence-electron chi connectivity index (χ3n) is 10.2. The summed E-state index contributed by atoms with van der Waals surface area (Å²) in [4.78, 5) is 4.73. The van der Waals surface area contributed by atoms with Gasteiger partial charge < -0.3 is 9.80 Å². The van der Waals surface area contributed by atoms with Gasteiger partial charge in [-0.15, -0.1) is 0 Å². The first-order chi connectivity index (χ1) is 25.8. The largest absolute Gasteiger partial charge is 0.310 e. The molecule has 0 bridgehead atoms. The van der Waals surface area contributed by atoms with E-state index in [1.54, 1.807) is 0 Å². The Morgan fingerprint density at radius 2 is 0.635 bits per heavy atom. The summed E-state index contributed by atoms with van der Waals surface area (Å²) in [6.45, 7) is 0. The van der Waals surface area contributed by atoms with Crippen molar-refractivity contribution in [2.45, 2.75) is 12.8 Å². The minimum Gasteiger partial charge on any atom is -0.310 e. The number of benzene rings is 8. The molecule has 248 valence electrons. The Morgan fingerprint density at radius 1 is 0.288 bits per heavy atom. The highest BCUT2D eigenvalue weighted by Crippen LogP contribution is 2.42. The van der Waals surface area contributed by atoms with Gasteiger partial charge >= 0.3 is 0 Å². The zero-order valence-corrected chi connectivity index (χ0v) is 28.9. The quantitative estimate of drug-likeness (QED) is 0.159. The molecule has 0 heterocycles. The molecule has 0 unspecified atom stereocenters. The highest BCUT2D eigenvalue weighted by atomic mass is 15.1. The van der Waals surface area contributed by atoms with E-state index in [9.17, 15) is 0 Å². The molecule has 0 radical (unpaired) electrons.